The predicted molar refractivity (Wildman–Crippen MR) is 46.5 cm³/mol. The number of nitriles is 1. The Morgan fingerprint density at radius 3 is 2.58 bits per heavy atom. The Hall–Kier alpha value is -1.89. The second-order valence-corrected chi connectivity index (χ2v) is 2.26. The second-order valence-electron chi connectivity index (χ2n) is 2.26. The minimum Gasteiger partial charge on any atom is -0.493 e. The molecular formula is C8H9N3O. The van der Waals surface area contributed by atoms with Crippen LogP contribution in [-0.2, 0) is 0 Å². The molecule has 0 heterocycles. The smallest absolute Gasteiger partial charge is 0.161 e. The maximum atomic E-state index is 8.64. The van der Waals surface area contributed by atoms with Crippen LogP contribution >= 0.6 is 0 Å². The molecule has 0 aromatic heterocycles. The fourth-order valence-corrected chi connectivity index (χ4v) is 0.923. The van der Waals surface area contributed by atoms with Gasteiger partial charge < -0.3 is 16.2 Å². The van der Waals surface area contributed by atoms with E-state index in [0.29, 0.717) is 22.7 Å². The number of hydrogen-bond donors (Lipinski definition) is 2. The summed E-state index contributed by atoms with van der Waals surface area (Å²) in [6.45, 7) is 0. The van der Waals surface area contributed by atoms with Gasteiger partial charge in [0.15, 0.2) is 5.75 Å². The molecule has 0 saturated heterocycles. The van der Waals surface area contributed by atoms with E-state index in [0.717, 1.165) is 0 Å². The molecule has 0 atom stereocenters. The SMILES string of the molecule is COc1c(C#N)ccc(N)c1N. The van der Waals surface area contributed by atoms with Crippen LogP contribution in [0.15, 0.2) is 12.1 Å². The van der Waals surface area contributed by atoms with Gasteiger partial charge in [0.2, 0.25) is 0 Å². The van der Waals surface area contributed by atoms with Gasteiger partial charge in [-0.3, -0.25) is 0 Å². The molecule has 0 aliphatic carbocycles. The van der Waals surface area contributed by atoms with Crippen molar-refractivity contribution in [1.29, 1.82) is 5.26 Å². The maximum Gasteiger partial charge on any atom is 0.161 e. The first-order chi connectivity index (χ1) is 5.70. The largest absolute Gasteiger partial charge is 0.493 e. The lowest BCUT2D eigenvalue weighted by atomic mass is 10.1. The Morgan fingerprint density at radius 2 is 2.08 bits per heavy atom. The second kappa shape index (κ2) is 3.01. The normalized spacial score (nSPS) is 9.00. The highest BCUT2D eigenvalue weighted by molar-refractivity contribution is 5.74. The summed E-state index contributed by atoms with van der Waals surface area (Å²) in [5.74, 6) is 0.345. The van der Waals surface area contributed by atoms with Crippen molar-refractivity contribution in [3.05, 3.63) is 17.7 Å². The van der Waals surface area contributed by atoms with Crippen molar-refractivity contribution in [3.8, 4) is 11.8 Å². The molecular weight excluding hydrogens is 154 g/mol. The van der Waals surface area contributed by atoms with Gasteiger partial charge in [-0.15, -0.1) is 0 Å². The molecule has 1 aromatic rings. The molecule has 0 radical (unpaired) electrons. The third-order valence-corrected chi connectivity index (χ3v) is 1.55. The number of ether oxygens (including phenoxy) is 1. The van der Waals surface area contributed by atoms with Crippen molar-refractivity contribution in [2.45, 2.75) is 0 Å². The van der Waals surface area contributed by atoms with E-state index in [-0.39, 0.29) is 0 Å². The van der Waals surface area contributed by atoms with Crippen LogP contribution in [0.5, 0.6) is 5.75 Å². The van der Waals surface area contributed by atoms with E-state index in [1.807, 2.05) is 6.07 Å². The average Bonchev–Trinajstić information content (AvgIpc) is 2.09. The Balaban J connectivity index is 3.38. The molecule has 4 nitrogen and oxygen atoms in total. The number of benzene rings is 1. The number of nitrogen functional groups attached to an aromatic ring is 2. The molecule has 0 fully saturated rings. The highest BCUT2D eigenvalue weighted by Gasteiger charge is 2.08. The Labute approximate surface area is 70.3 Å². The van der Waals surface area contributed by atoms with Crippen LogP contribution in [0.3, 0.4) is 0 Å². The summed E-state index contributed by atoms with van der Waals surface area (Å²) in [6, 6.07) is 5.11. The quantitative estimate of drug-likeness (QED) is 0.597. The van der Waals surface area contributed by atoms with Crippen molar-refractivity contribution >= 4 is 11.4 Å². The van der Waals surface area contributed by atoms with E-state index in [1.165, 1.54) is 7.11 Å². The van der Waals surface area contributed by atoms with Crippen LogP contribution in [0.4, 0.5) is 11.4 Å². The van der Waals surface area contributed by atoms with Gasteiger partial charge in [0.05, 0.1) is 24.0 Å². The number of methoxy groups -OCH3 is 1. The molecule has 12 heavy (non-hydrogen) atoms. The fraction of sp³-hybridized carbons (Fsp3) is 0.125. The van der Waals surface area contributed by atoms with Crippen LogP contribution in [0.1, 0.15) is 5.56 Å². The number of hydrogen-bond acceptors (Lipinski definition) is 4. The molecule has 0 bridgehead atoms. The molecule has 0 saturated carbocycles. The van der Waals surface area contributed by atoms with Crippen molar-refractivity contribution < 1.29 is 4.74 Å². The first-order valence-corrected chi connectivity index (χ1v) is 3.32. The van der Waals surface area contributed by atoms with Crippen LogP contribution < -0.4 is 16.2 Å². The lowest BCUT2D eigenvalue weighted by molar-refractivity contribution is 0.416. The first-order valence-electron chi connectivity index (χ1n) is 3.32. The van der Waals surface area contributed by atoms with Gasteiger partial charge in [-0.1, -0.05) is 0 Å². The summed E-state index contributed by atoms with van der Waals surface area (Å²) >= 11 is 0. The number of nitrogens with zero attached hydrogens (tertiary/aromatic N) is 1. The van der Waals surface area contributed by atoms with Crippen molar-refractivity contribution in [3.63, 3.8) is 0 Å². The monoisotopic (exact) mass is 163 g/mol. The lowest BCUT2D eigenvalue weighted by Crippen LogP contribution is -1.99. The molecule has 0 aliphatic rings. The van der Waals surface area contributed by atoms with Crippen LogP contribution in [-0.4, -0.2) is 7.11 Å². The fourth-order valence-electron chi connectivity index (χ4n) is 0.923. The number of anilines is 2. The van der Waals surface area contributed by atoms with E-state index in [4.69, 9.17) is 21.5 Å². The van der Waals surface area contributed by atoms with Gasteiger partial charge in [-0.05, 0) is 12.1 Å². The third-order valence-electron chi connectivity index (χ3n) is 1.55. The third kappa shape index (κ3) is 1.12. The van der Waals surface area contributed by atoms with E-state index in [2.05, 4.69) is 0 Å². The number of rotatable bonds is 1. The average molecular weight is 163 g/mol. The molecule has 0 unspecified atom stereocenters. The van der Waals surface area contributed by atoms with E-state index >= 15 is 0 Å². The summed E-state index contributed by atoms with van der Waals surface area (Å²) in [5, 5.41) is 8.64. The van der Waals surface area contributed by atoms with Crippen LogP contribution in [0, 0.1) is 11.3 Å². The van der Waals surface area contributed by atoms with Gasteiger partial charge in [-0.2, -0.15) is 5.26 Å². The molecule has 4 N–H and O–H groups in total. The molecule has 1 aromatic carbocycles. The standard InChI is InChI=1S/C8H9N3O/c1-12-8-5(4-9)2-3-6(10)7(8)11/h2-3H,10-11H2,1H3. The highest BCUT2D eigenvalue weighted by Crippen LogP contribution is 2.30. The van der Waals surface area contributed by atoms with Crippen LogP contribution in [0.25, 0.3) is 0 Å². The summed E-state index contributed by atoms with van der Waals surface area (Å²) < 4.78 is 4.92. The molecule has 62 valence electrons. The summed E-state index contributed by atoms with van der Waals surface area (Å²) in [5.41, 5.74) is 12.2. The van der Waals surface area contributed by atoms with Gasteiger partial charge in [0.1, 0.15) is 6.07 Å². The highest BCUT2D eigenvalue weighted by atomic mass is 16.5. The lowest BCUT2D eigenvalue weighted by Gasteiger charge is -2.07. The first kappa shape index (κ1) is 8.21. The minimum absolute atomic E-state index is 0.316. The van der Waals surface area contributed by atoms with E-state index < -0.39 is 0 Å². The molecule has 0 aliphatic heterocycles. The molecule has 1 rings (SSSR count). The van der Waals surface area contributed by atoms with E-state index in [9.17, 15) is 0 Å². The van der Waals surface area contributed by atoms with Gasteiger partial charge in [0.25, 0.3) is 0 Å². The molecule has 0 amide bonds. The van der Waals surface area contributed by atoms with Crippen LogP contribution in [0.2, 0.25) is 0 Å². The zero-order chi connectivity index (χ0) is 9.14. The summed E-state index contributed by atoms with van der Waals surface area (Å²) in [4.78, 5) is 0. The minimum atomic E-state index is 0.316. The van der Waals surface area contributed by atoms with Gasteiger partial charge >= 0.3 is 0 Å². The predicted octanol–water partition coefficient (Wildman–Crippen LogP) is 0.731. The zero-order valence-corrected chi connectivity index (χ0v) is 6.66. The van der Waals surface area contributed by atoms with Crippen molar-refractivity contribution in [1.82, 2.24) is 0 Å². The maximum absolute atomic E-state index is 8.64. The Morgan fingerprint density at radius 1 is 1.42 bits per heavy atom. The van der Waals surface area contributed by atoms with E-state index in [1.54, 1.807) is 12.1 Å². The van der Waals surface area contributed by atoms with Gasteiger partial charge in [0, 0.05) is 0 Å². The van der Waals surface area contributed by atoms with Crippen molar-refractivity contribution in [2.75, 3.05) is 18.6 Å². The van der Waals surface area contributed by atoms with Gasteiger partial charge in [-0.25, -0.2) is 0 Å². The topological polar surface area (TPSA) is 85.1 Å². The Bertz CT molecular complexity index is 341. The zero-order valence-electron chi connectivity index (χ0n) is 6.66. The summed E-state index contributed by atoms with van der Waals surface area (Å²) in [7, 11) is 1.45. The molecule has 0 spiro atoms. The summed E-state index contributed by atoms with van der Waals surface area (Å²) in [6.07, 6.45) is 0. The molecule has 4 heteroatoms. The van der Waals surface area contributed by atoms with Crippen molar-refractivity contribution in [2.24, 2.45) is 0 Å². The number of nitrogens with two attached hydrogens (primary N) is 2. The Kier molecular flexibility index (Phi) is 2.06.